The van der Waals surface area contributed by atoms with Crippen molar-refractivity contribution in [1.82, 2.24) is 14.7 Å². The third kappa shape index (κ3) is 2.47. The normalized spacial score (nSPS) is 18.8. The van der Waals surface area contributed by atoms with Gasteiger partial charge in [-0.25, -0.2) is 4.79 Å². The molecule has 1 aromatic heterocycles. The Morgan fingerprint density at radius 3 is 2.79 bits per heavy atom. The fourth-order valence-corrected chi connectivity index (χ4v) is 2.47. The maximum atomic E-state index is 12.5. The summed E-state index contributed by atoms with van der Waals surface area (Å²) < 4.78 is 1.65. The first kappa shape index (κ1) is 13.6. The summed E-state index contributed by atoms with van der Waals surface area (Å²) in [6.07, 6.45) is 2.03. The number of aromatic nitrogens is 2. The van der Waals surface area contributed by atoms with Gasteiger partial charge in [0, 0.05) is 13.1 Å². The first-order valence-electron chi connectivity index (χ1n) is 6.69. The molecule has 1 N–H and O–H groups in total. The molecular weight excluding hydrogens is 246 g/mol. The van der Waals surface area contributed by atoms with E-state index in [0.29, 0.717) is 25.2 Å². The van der Waals surface area contributed by atoms with E-state index in [9.17, 15) is 9.59 Å². The summed E-state index contributed by atoms with van der Waals surface area (Å²) in [4.78, 5) is 25.1. The van der Waals surface area contributed by atoms with Crippen molar-refractivity contribution in [3.05, 3.63) is 17.5 Å². The summed E-state index contributed by atoms with van der Waals surface area (Å²) in [6.45, 7) is 5.01. The summed E-state index contributed by atoms with van der Waals surface area (Å²) in [6, 6.07) is 1.07. The van der Waals surface area contributed by atoms with E-state index in [1.54, 1.807) is 10.7 Å². The number of carbonyl (C=O) groups is 2. The zero-order valence-corrected chi connectivity index (χ0v) is 11.3. The number of carbonyl (C=O) groups excluding carboxylic acids is 1. The lowest BCUT2D eigenvalue weighted by molar-refractivity contribution is -0.141. The molecule has 1 amide bonds. The van der Waals surface area contributed by atoms with Crippen molar-refractivity contribution in [1.29, 1.82) is 0 Å². The monoisotopic (exact) mass is 265 g/mol. The standard InChI is InChI=1S/C13H19N3O3/c1-3-9-8-11(16(4-2)14-9)12(17)15-7-5-6-10(15)13(18)19/h8,10H,3-7H2,1-2H3,(H,18,19)/t10-/m0/s1. The van der Waals surface area contributed by atoms with Gasteiger partial charge in [0.15, 0.2) is 0 Å². The third-order valence-electron chi connectivity index (χ3n) is 3.51. The highest BCUT2D eigenvalue weighted by atomic mass is 16.4. The van der Waals surface area contributed by atoms with Crippen LogP contribution in [0.25, 0.3) is 0 Å². The summed E-state index contributed by atoms with van der Waals surface area (Å²) in [5.41, 5.74) is 1.35. The Morgan fingerprint density at radius 2 is 2.21 bits per heavy atom. The fourth-order valence-electron chi connectivity index (χ4n) is 2.47. The van der Waals surface area contributed by atoms with Crippen molar-refractivity contribution >= 4 is 11.9 Å². The van der Waals surface area contributed by atoms with Crippen molar-refractivity contribution < 1.29 is 14.7 Å². The molecule has 6 nitrogen and oxygen atoms in total. The Kier molecular flexibility index (Phi) is 3.87. The SMILES string of the molecule is CCc1cc(C(=O)N2CCC[C@H]2C(=O)O)n(CC)n1. The zero-order chi connectivity index (χ0) is 14.0. The number of carboxylic acid groups (broad SMARTS) is 1. The Morgan fingerprint density at radius 1 is 1.47 bits per heavy atom. The van der Waals surface area contributed by atoms with Crippen LogP contribution in [-0.4, -0.2) is 44.3 Å². The molecule has 2 rings (SSSR count). The molecule has 19 heavy (non-hydrogen) atoms. The predicted molar refractivity (Wildman–Crippen MR) is 69.0 cm³/mol. The van der Waals surface area contributed by atoms with Gasteiger partial charge in [-0.2, -0.15) is 5.10 Å². The molecule has 0 saturated carbocycles. The number of nitrogens with zero attached hydrogens (tertiary/aromatic N) is 3. The summed E-state index contributed by atoms with van der Waals surface area (Å²) in [5.74, 6) is -1.15. The molecule has 1 fully saturated rings. The van der Waals surface area contributed by atoms with Crippen LogP contribution in [0.1, 0.15) is 42.9 Å². The second-order valence-corrected chi connectivity index (χ2v) is 4.69. The highest BCUT2D eigenvalue weighted by molar-refractivity contribution is 5.95. The first-order chi connectivity index (χ1) is 9.08. The van der Waals surface area contributed by atoms with Crippen LogP contribution in [0.3, 0.4) is 0 Å². The molecule has 1 aromatic rings. The van der Waals surface area contributed by atoms with Crippen LogP contribution in [0, 0.1) is 0 Å². The van der Waals surface area contributed by atoms with Crippen LogP contribution in [0.5, 0.6) is 0 Å². The largest absolute Gasteiger partial charge is 0.480 e. The van der Waals surface area contributed by atoms with Crippen molar-refractivity contribution in [3.8, 4) is 0 Å². The zero-order valence-electron chi connectivity index (χ0n) is 11.3. The number of aryl methyl sites for hydroxylation is 2. The van der Waals surface area contributed by atoms with Crippen LogP contribution in [0.15, 0.2) is 6.07 Å². The quantitative estimate of drug-likeness (QED) is 0.886. The third-order valence-corrected chi connectivity index (χ3v) is 3.51. The van der Waals surface area contributed by atoms with E-state index < -0.39 is 12.0 Å². The number of carboxylic acids is 1. The van der Waals surface area contributed by atoms with Crippen LogP contribution >= 0.6 is 0 Å². The summed E-state index contributed by atoms with van der Waals surface area (Å²) in [7, 11) is 0. The molecule has 1 aliphatic heterocycles. The number of likely N-dealkylation sites (tertiary alicyclic amines) is 1. The molecule has 0 aromatic carbocycles. The topological polar surface area (TPSA) is 75.4 Å². The molecule has 0 unspecified atom stereocenters. The molecule has 0 spiro atoms. The van der Waals surface area contributed by atoms with E-state index in [1.807, 2.05) is 13.8 Å². The van der Waals surface area contributed by atoms with Gasteiger partial charge in [-0.3, -0.25) is 9.48 Å². The Balaban J connectivity index is 2.28. The number of aliphatic carboxylic acids is 1. The van der Waals surface area contributed by atoms with Gasteiger partial charge < -0.3 is 10.0 Å². The minimum Gasteiger partial charge on any atom is -0.480 e. The molecular formula is C13H19N3O3. The summed E-state index contributed by atoms with van der Waals surface area (Å²) in [5, 5.41) is 13.5. The lowest BCUT2D eigenvalue weighted by Gasteiger charge is -2.21. The fraction of sp³-hybridized carbons (Fsp3) is 0.615. The van der Waals surface area contributed by atoms with E-state index in [1.165, 1.54) is 4.90 Å². The second-order valence-electron chi connectivity index (χ2n) is 4.69. The Bertz CT molecular complexity index is 495. The lowest BCUT2D eigenvalue weighted by Crippen LogP contribution is -2.41. The maximum absolute atomic E-state index is 12.5. The highest BCUT2D eigenvalue weighted by Gasteiger charge is 2.35. The average Bonchev–Trinajstić information content (AvgIpc) is 3.04. The Labute approximate surface area is 112 Å². The average molecular weight is 265 g/mol. The molecule has 0 aliphatic carbocycles. The molecule has 6 heteroatoms. The number of rotatable bonds is 4. The number of hydrogen-bond acceptors (Lipinski definition) is 3. The minimum atomic E-state index is -0.927. The van der Waals surface area contributed by atoms with Gasteiger partial charge in [0.1, 0.15) is 11.7 Å². The van der Waals surface area contributed by atoms with Gasteiger partial charge in [-0.1, -0.05) is 6.92 Å². The van der Waals surface area contributed by atoms with Gasteiger partial charge >= 0.3 is 5.97 Å². The smallest absolute Gasteiger partial charge is 0.326 e. The van der Waals surface area contributed by atoms with Crippen LogP contribution in [0.2, 0.25) is 0 Å². The Hall–Kier alpha value is -1.85. The van der Waals surface area contributed by atoms with Gasteiger partial charge in [0.25, 0.3) is 5.91 Å². The predicted octanol–water partition coefficient (Wildman–Crippen LogP) is 1.15. The van der Waals surface area contributed by atoms with E-state index >= 15 is 0 Å². The van der Waals surface area contributed by atoms with Gasteiger partial charge in [0.05, 0.1) is 5.69 Å². The number of hydrogen-bond donors (Lipinski definition) is 1. The molecule has 1 aliphatic rings. The highest BCUT2D eigenvalue weighted by Crippen LogP contribution is 2.21. The van der Waals surface area contributed by atoms with Crippen molar-refractivity contribution in [2.24, 2.45) is 0 Å². The van der Waals surface area contributed by atoms with Gasteiger partial charge in [-0.15, -0.1) is 0 Å². The van der Waals surface area contributed by atoms with Crippen molar-refractivity contribution in [2.75, 3.05) is 6.54 Å². The van der Waals surface area contributed by atoms with E-state index in [-0.39, 0.29) is 5.91 Å². The van der Waals surface area contributed by atoms with E-state index in [2.05, 4.69) is 5.10 Å². The molecule has 1 atom stereocenters. The lowest BCUT2D eigenvalue weighted by atomic mass is 10.2. The van der Waals surface area contributed by atoms with Crippen molar-refractivity contribution in [3.63, 3.8) is 0 Å². The molecule has 0 radical (unpaired) electrons. The van der Waals surface area contributed by atoms with Crippen LogP contribution in [-0.2, 0) is 17.8 Å². The number of amides is 1. The molecule has 0 bridgehead atoms. The first-order valence-corrected chi connectivity index (χ1v) is 6.69. The second kappa shape index (κ2) is 5.42. The minimum absolute atomic E-state index is 0.223. The van der Waals surface area contributed by atoms with E-state index in [0.717, 1.165) is 18.5 Å². The summed E-state index contributed by atoms with van der Waals surface area (Å²) >= 11 is 0. The van der Waals surface area contributed by atoms with Gasteiger partial charge in [0.2, 0.25) is 0 Å². The van der Waals surface area contributed by atoms with Crippen LogP contribution in [0.4, 0.5) is 0 Å². The van der Waals surface area contributed by atoms with Crippen molar-refractivity contribution in [2.45, 2.75) is 45.7 Å². The maximum Gasteiger partial charge on any atom is 0.326 e. The molecule has 2 heterocycles. The molecule has 1 saturated heterocycles. The van der Waals surface area contributed by atoms with E-state index in [4.69, 9.17) is 5.11 Å². The molecule has 104 valence electrons. The van der Waals surface area contributed by atoms with Crippen LogP contribution < -0.4 is 0 Å². The van der Waals surface area contributed by atoms with Gasteiger partial charge in [-0.05, 0) is 32.3 Å².